The summed E-state index contributed by atoms with van der Waals surface area (Å²) >= 11 is 0. The van der Waals surface area contributed by atoms with Crippen molar-refractivity contribution in [2.45, 2.75) is 0 Å². The molecule has 48 heavy (non-hydrogen) atoms. The van der Waals surface area contributed by atoms with E-state index in [1.54, 1.807) is 6.07 Å². The van der Waals surface area contributed by atoms with Gasteiger partial charge in [-0.25, -0.2) is 4.85 Å². The monoisotopic (exact) mass is 610 g/mol. The third kappa shape index (κ3) is 4.07. The number of nitrogens with zero attached hydrogens (tertiary/aromatic N) is 4. The molecule has 0 saturated carbocycles. The molecule has 0 fully saturated rings. The van der Waals surface area contributed by atoms with Gasteiger partial charge < -0.3 is 9.13 Å². The molecule has 0 radical (unpaired) electrons. The fraction of sp³-hybridized carbons (Fsp3) is 0. The van der Waals surface area contributed by atoms with Gasteiger partial charge in [0, 0.05) is 38.2 Å². The first kappa shape index (κ1) is 27.4. The molecule has 0 amide bonds. The van der Waals surface area contributed by atoms with Crippen LogP contribution in [0.15, 0.2) is 158 Å². The number of hydrogen-bond donors (Lipinski definition) is 0. The standard InChI is InChI=1S/C44H26N4/c1-46-32-26-29(28-45)25-31(27-32)44-42(48-39-21-11-7-17-35(39)36-18-8-12-22-40(36)48)24-23-41(43(44)30-13-3-2-4-14-30)47-37-19-9-5-15-33(37)34-16-6-10-20-38(34)47/h2-27H. The lowest BCUT2D eigenvalue weighted by Gasteiger charge is -2.23. The van der Waals surface area contributed by atoms with E-state index in [4.69, 9.17) is 6.57 Å². The normalized spacial score (nSPS) is 11.3. The first-order valence-corrected chi connectivity index (χ1v) is 15.9. The molecule has 0 unspecified atom stereocenters. The second-order valence-electron chi connectivity index (χ2n) is 12.0. The van der Waals surface area contributed by atoms with E-state index in [9.17, 15) is 5.26 Å². The Hall–Kier alpha value is -6.88. The Labute approximate surface area is 277 Å². The van der Waals surface area contributed by atoms with Gasteiger partial charge in [0.25, 0.3) is 0 Å². The van der Waals surface area contributed by atoms with E-state index in [1.807, 2.05) is 18.2 Å². The highest BCUT2D eigenvalue weighted by Crippen LogP contribution is 2.46. The van der Waals surface area contributed by atoms with E-state index in [2.05, 4.69) is 154 Å². The molecule has 2 aromatic heterocycles. The first-order chi connectivity index (χ1) is 23.7. The number of rotatable bonds is 4. The Morgan fingerprint density at radius 3 is 1.31 bits per heavy atom. The first-order valence-electron chi connectivity index (χ1n) is 15.9. The number of benzene rings is 7. The zero-order valence-corrected chi connectivity index (χ0v) is 25.8. The summed E-state index contributed by atoms with van der Waals surface area (Å²) in [6.45, 7) is 7.94. The third-order valence-corrected chi connectivity index (χ3v) is 9.33. The lowest BCUT2D eigenvalue weighted by atomic mass is 9.90. The zero-order chi connectivity index (χ0) is 32.2. The summed E-state index contributed by atoms with van der Waals surface area (Å²) in [5.41, 5.74) is 11.1. The second-order valence-corrected chi connectivity index (χ2v) is 12.0. The highest BCUT2D eigenvalue weighted by molar-refractivity contribution is 6.12. The quantitative estimate of drug-likeness (QED) is 0.183. The van der Waals surface area contributed by atoms with Crippen LogP contribution in [0.25, 0.3) is 82.1 Å². The van der Waals surface area contributed by atoms with E-state index in [0.717, 1.165) is 55.7 Å². The van der Waals surface area contributed by atoms with Crippen LogP contribution in [0.4, 0.5) is 5.69 Å². The Morgan fingerprint density at radius 2 is 0.875 bits per heavy atom. The molecule has 222 valence electrons. The molecule has 7 aromatic carbocycles. The molecule has 2 heterocycles. The van der Waals surface area contributed by atoms with Crippen LogP contribution in [0.5, 0.6) is 0 Å². The minimum atomic E-state index is 0.429. The average molecular weight is 611 g/mol. The molecule has 9 aromatic rings. The summed E-state index contributed by atoms with van der Waals surface area (Å²) in [7, 11) is 0. The predicted octanol–water partition coefficient (Wildman–Crippen LogP) is 11.6. The van der Waals surface area contributed by atoms with Crippen LogP contribution >= 0.6 is 0 Å². The number of fused-ring (bicyclic) bond motifs is 6. The minimum Gasteiger partial charge on any atom is -0.309 e. The van der Waals surface area contributed by atoms with Gasteiger partial charge in [0.1, 0.15) is 0 Å². The number of aromatic nitrogens is 2. The van der Waals surface area contributed by atoms with Gasteiger partial charge in [-0.15, -0.1) is 0 Å². The maximum Gasteiger partial charge on any atom is 0.189 e. The van der Waals surface area contributed by atoms with Crippen LogP contribution in [0, 0.1) is 17.9 Å². The van der Waals surface area contributed by atoms with Crippen LogP contribution in [0.2, 0.25) is 0 Å². The van der Waals surface area contributed by atoms with Crippen LogP contribution in [-0.2, 0) is 0 Å². The lowest BCUT2D eigenvalue weighted by Crippen LogP contribution is -2.04. The van der Waals surface area contributed by atoms with Gasteiger partial charge in [0.2, 0.25) is 0 Å². The van der Waals surface area contributed by atoms with Crippen LogP contribution < -0.4 is 0 Å². The number of hydrogen-bond acceptors (Lipinski definition) is 1. The van der Waals surface area contributed by atoms with Gasteiger partial charge >= 0.3 is 0 Å². The summed E-state index contributed by atoms with van der Waals surface area (Å²) in [5, 5.41) is 14.8. The molecular weight excluding hydrogens is 585 g/mol. The van der Waals surface area contributed by atoms with E-state index in [1.165, 1.54) is 21.5 Å². The zero-order valence-electron chi connectivity index (χ0n) is 25.8. The van der Waals surface area contributed by atoms with Gasteiger partial charge in [-0.3, -0.25) is 0 Å². The van der Waals surface area contributed by atoms with Gasteiger partial charge in [0.05, 0.1) is 46.1 Å². The SMILES string of the molecule is [C-]#[N+]c1cc(C#N)cc(-c2c(-n3c4ccccc4c4ccccc43)ccc(-n3c4ccccc4c4ccccc43)c2-c2ccccc2)c1. The third-order valence-electron chi connectivity index (χ3n) is 9.33. The predicted molar refractivity (Wildman–Crippen MR) is 197 cm³/mol. The van der Waals surface area contributed by atoms with Crippen molar-refractivity contribution in [2.75, 3.05) is 0 Å². The summed E-state index contributed by atoms with van der Waals surface area (Å²) in [5.74, 6) is 0. The van der Waals surface area contributed by atoms with Crippen molar-refractivity contribution in [1.82, 2.24) is 9.13 Å². The summed E-state index contributed by atoms with van der Waals surface area (Å²) in [6.07, 6.45) is 0. The molecule has 0 aliphatic rings. The maximum atomic E-state index is 10.1. The molecular formula is C44H26N4. The minimum absolute atomic E-state index is 0.429. The highest BCUT2D eigenvalue weighted by atomic mass is 15.0. The van der Waals surface area contributed by atoms with E-state index in [0.29, 0.717) is 11.3 Å². The second kappa shape index (κ2) is 10.9. The van der Waals surface area contributed by atoms with Crippen molar-refractivity contribution >= 4 is 49.3 Å². The van der Waals surface area contributed by atoms with Crippen molar-refractivity contribution in [1.29, 1.82) is 5.26 Å². The molecule has 4 heteroatoms. The summed E-state index contributed by atoms with van der Waals surface area (Å²) in [4.78, 5) is 3.80. The van der Waals surface area contributed by atoms with Gasteiger partial charge in [-0.1, -0.05) is 103 Å². The summed E-state index contributed by atoms with van der Waals surface area (Å²) < 4.78 is 4.69. The molecule has 0 aliphatic carbocycles. The molecule has 0 saturated heterocycles. The van der Waals surface area contributed by atoms with E-state index >= 15 is 0 Å². The van der Waals surface area contributed by atoms with Crippen molar-refractivity contribution in [3.63, 3.8) is 0 Å². The largest absolute Gasteiger partial charge is 0.309 e. The molecule has 9 rings (SSSR count). The van der Waals surface area contributed by atoms with Crippen LogP contribution in [0.1, 0.15) is 5.56 Å². The van der Waals surface area contributed by atoms with E-state index < -0.39 is 0 Å². The van der Waals surface area contributed by atoms with Gasteiger partial charge in [0.15, 0.2) is 5.69 Å². The van der Waals surface area contributed by atoms with Crippen molar-refractivity contribution in [3.05, 3.63) is 175 Å². The molecule has 4 nitrogen and oxygen atoms in total. The number of nitriles is 1. The van der Waals surface area contributed by atoms with Crippen LogP contribution in [-0.4, -0.2) is 9.13 Å². The van der Waals surface area contributed by atoms with Crippen LogP contribution in [0.3, 0.4) is 0 Å². The Balaban J connectivity index is 1.52. The Morgan fingerprint density at radius 1 is 0.458 bits per heavy atom. The van der Waals surface area contributed by atoms with E-state index in [-0.39, 0.29) is 0 Å². The van der Waals surface area contributed by atoms with Crippen molar-refractivity contribution < 1.29 is 0 Å². The van der Waals surface area contributed by atoms with Gasteiger partial charge in [-0.05, 0) is 65.7 Å². The topological polar surface area (TPSA) is 38.0 Å². The molecule has 0 N–H and O–H groups in total. The lowest BCUT2D eigenvalue weighted by molar-refractivity contribution is 1.15. The summed E-state index contributed by atoms with van der Waals surface area (Å²) in [6, 6.07) is 56.8. The fourth-order valence-corrected chi connectivity index (χ4v) is 7.39. The highest BCUT2D eigenvalue weighted by Gasteiger charge is 2.24. The molecule has 0 atom stereocenters. The average Bonchev–Trinajstić information content (AvgIpc) is 3.67. The van der Waals surface area contributed by atoms with Crippen molar-refractivity contribution in [3.8, 4) is 39.7 Å². The smallest absolute Gasteiger partial charge is 0.189 e. The Bertz CT molecular complexity index is 2660. The Kier molecular flexibility index (Phi) is 6.22. The molecule has 0 aliphatic heterocycles. The van der Waals surface area contributed by atoms with Crippen molar-refractivity contribution in [2.24, 2.45) is 0 Å². The molecule has 0 spiro atoms. The maximum absolute atomic E-state index is 10.1. The van der Waals surface area contributed by atoms with Gasteiger partial charge in [-0.2, -0.15) is 5.26 Å². The molecule has 0 bridgehead atoms. The fourth-order valence-electron chi connectivity index (χ4n) is 7.39. The number of para-hydroxylation sites is 4.